The van der Waals surface area contributed by atoms with Crippen LogP contribution in [0.5, 0.6) is 5.75 Å². The number of rotatable bonds is 8. The third kappa shape index (κ3) is 5.29. The highest BCUT2D eigenvalue weighted by Crippen LogP contribution is 2.26. The SMILES string of the molecule is CCOc1ccc(N(CC(=O)Nc2cccc(C)c2C)S(=O)(=O)c2ccc(C)cc2)cc1. The van der Waals surface area contributed by atoms with Crippen LogP contribution in [-0.4, -0.2) is 27.5 Å². The molecule has 0 aliphatic rings. The maximum atomic E-state index is 13.5. The minimum absolute atomic E-state index is 0.122. The fourth-order valence-electron chi connectivity index (χ4n) is 3.23. The first-order chi connectivity index (χ1) is 15.2. The summed E-state index contributed by atoms with van der Waals surface area (Å²) in [5.74, 6) is 0.201. The molecule has 0 aliphatic carbocycles. The minimum atomic E-state index is -3.97. The van der Waals surface area contributed by atoms with Crippen molar-refractivity contribution < 1.29 is 17.9 Å². The minimum Gasteiger partial charge on any atom is -0.494 e. The van der Waals surface area contributed by atoms with Gasteiger partial charge in [0.1, 0.15) is 12.3 Å². The molecule has 0 atom stereocenters. The first kappa shape index (κ1) is 23.3. The summed E-state index contributed by atoms with van der Waals surface area (Å²) in [6.07, 6.45) is 0. The molecule has 0 radical (unpaired) electrons. The maximum absolute atomic E-state index is 13.5. The largest absolute Gasteiger partial charge is 0.494 e. The lowest BCUT2D eigenvalue weighted by molar-refractivity contribution is -0.114. The number of benzene rings is 3. The zero-order valence-electron chi connectivity index (χ0n) is 18.8. The van der Waals surface area contributed by atoms with E-state index >= 15 is 0 Å². The van der Waals surface area contributed by atoms with Crippen molar-refractivity contribution in [2.24, 2.45) is 0 Å². The van der Waals surface area contributed by atoms with Crippen molar-refractivity contribution in [3.63, 3.8) is 0 Å². The van der Waals surface area contributed by atoms with E-state index < -0.39 is 15.9 Å². The van der Waals surface area contributed by atoms with Crippen LogP contribution in [0.2, 0.25) is 0 Å². The summed E-state index contributed by atoms with van der Waals surface area (Å²) < 4.78 is 33.5. The lowest BCUT2D eigenvalue weighted by Crippen LogP contribution is -2.38. The molecule has 0 fully saturated rings. The van der Waals surface area contributed by atoms with Crippen molar-refractivity contribution in [3.05, 3.63) is 83.4 Å². The predicted molar refractivity (Wildman–Crippen MR) is 128 cm³/mol. The molecular weight excluding hydrogens is 424 g/mol. The Balaban J connectivity index is 1.95. The second-order valence-corrected chi connectivity index (χ2v) is 9.41. The van der Waals surface area contributed by atoms with E-state index in [1.807, 2.05) is 39.8 Å². The van der Waals surface area contributed by atoms with Gasteiger partial charge in [0.15, 0.2) is 0 Å². The summed E-state index contributed by atoms with van der Waals surface area (Å²) in [4.78, 5) is 13.0. The smallest absolute Gasteiger partial charge is 0.264 e. The third-order valence-corrected chi connectivity index (χ3v) is 7.00. The topological polar surface area (TPSA) is 75.7 Å². The molecule has 0 saturated carbocycles. The van der Waals surface area contributed by atoms with Gasteiger partial charge >= 0.3 is 0 Å². The van der Waals surface area contributed by atoms with Crippen molar-refractivity contribution >= 4 is 27.3 Å². The Morgan fingerprint density at radius 3 is 2.22 bits per heavy atom. The van der Waals surface area contributed by atoms with E-state index in [1.54, 1.807) is 54.6 Å². The van der Waals surface area contributed by atoms with Crippen LogP contribution in [0, 0.1) is 20.8 Å². The van der Waals surface area contributed by atoms with E-state index in [2.05, 4.69) is 5.32 Å². The van der Waals surface area contributed by atoms with Gasteiger partial charge in [0, 0.05) is 5.69 Å². The van der Waals surface area contributed by atoms with Gasteiger partial charge in [-0.1, -0.05) is 29.8 Å². The fraction of sp³-hybridized carbons (Fsp3) is 0.240. The fourth-order valence-corrected chi connectivity index (χ4v) is 4.66. The number of carbonyl (C=O) groups excluding carboxylic acids is 1. The molecule has 0 unspecified atom stereocenters. The van der Waals surface area contributed by atoms with Gasteiger partial charge in [-0.3, -0.25) is 9.10 Å². The Bertz CT molecular complexity index is 1190. The molecule has 6 nitrogen and oxygen atoms in total. The summed E-state index contributed by atoms with van der Waals surface area (Å²) in [7, 11) is -3.97. The predicted octanol–water partition coefficient (Wildman–Crippen LogP) is 4.84. The highest BCUT2D eigenvalue weighted by atomic mass is 32.2. The van der Waals surface area contributed by atoms with E-state index in [1.165, 1.54) is 0 Å². The Hall–Kier alpha value is -3.32. The van der Waals surface area contributed by atoms with Crippen LogP contribution in [0.4, 0.5) is 11.4 Å². The molecule has 0 saturated heterocycles. The van der Waals surface area contributed by atoms with E-state index in [-0.39, 0.29) is 11.4 Å². The van der Waals surface area contributed by atoms with Gasteiger partial charge in [0.05, 0.1) is 17.2 Å². The number of amides is 1. The summed E-state index contributed by atoms with van der Waals surface area (Å²) in [6.45, 7) is 7.77. The Morgan fingerprint density at radius 1 is 0.938 bits per heavy atom. The van der Waals surface area contributed by atoms with Crippen molar-refractivity contribution in [2.75, 3.05) is 22.8 Å². The normalized spacial score (nSPS) is 11.1. The molecule has 0 spiro atoms. The number of carbonyl (C=O) groups is 1. The maximum Gasteiger partial charge on any atom is 0.264 e. The summed E-state index contributed by atoms with van der Waals surface area (Å²) in [5, 5.41) is 2.85. The zero-order chi connectivity index (χ0) is 23.3. The molecule has 0 heterocycles. The quantitative estimate of drug-likeness (QED) is 0.530. The van der Waals surface area contributed by atoms with Crippen molar-refractivity contribution in [1.29, 1.82) is 0 Å². The third-order valence-electron chi connectivity index (χ3n) is 5.21. The van der Waals surface area contributed by atoms with Crippen molar-refractivity contribution in [1.82, 2.24) is 0 Å². The molecule has 168 valence electrons. The summed E-state index contributed by atoms with van der Waals surface area (Å²) >= 11 is 0. The number of hydrogen-bond acceptors (Lipinski definition) is 4. The van der Waals surface area contributed by atoms with E-state index in [0.29, 0.717) is 23.7 Å². The standard InChI is InChI=1S/C25H28N2O4S/c1-5-31-22-13-11-21(12-14-22)27(32(29,30)23-15-9-18(2)10-16-23)17-25(28)26-24-8-6-7-19(3)20(24)4/h6-16H,5,17H2,1-4H3,(H,26,28). The van der Waals surface area contributed by atoms with Gasteiger partial charge in [0.2, 0.25) is 5.91 Å². The highest BCUT2D eigenvalue weighted by Gasteiger charge is 2.27. The molecule has 3 aromatic carbocycles. The van der Waals surface area contributed by atoms with Gasteiger partial charge in [-0.05, 0) is 81.3 Å². The van der Waals surface area contributed by atoms with E-state index in [9.17, 15) is 13.2 Å². The number of aryl methyl sites for hydroxylation is 2. The lowest BCUT2D eigenvalue weighted by atomic mass is 10.1. The number of anilines is 2. The van der Waals surface area contributed by atoms with Crippen LogP contribution >= 0.6 is 0 Å². The van der Waals surface area contributed by atoms with Crippen molar-refractivity contribution in [3.8, 4) is 5.75 Å². The number of nitrogens with one attached hydrogen (secondary N) is 1. The van der Waals surface area contributed by atoms with Crippen LogP contribution in [0.25, 0.3) is 0 Å². The average molecular weight is 453 g/mol. The first-order valence-electron chi connectivity index (χ1n) is 10.4. The van der Waals surface area contributed by atoms with Crippen LogP contribution < -0.4 is 14.4 Å². The van der Waals surface area contributed by atoms with Gasteiger partial charge < -0.3 is 10.1 Å². The molecule has 0 bridgehead atoms. The molecule has 32 heavy (non-hydrogen) atoms. The van der Waals surface area contributed by atoms with Gasteiger partial charge in [-0.2, -0.15) is 0 Å². The second-order valence-electron chi connectivity index (χ2n) is 7.55. The number of ether oxygens (including phenoxy) is 1. The highest BCUT2D eigenvalue weighted by molar-refractivity contribution is 7.92. The number of hydrogen-bond donors (Lipinski definition) is 1. The number of sulfonamides is 1. The monoisotopic (exact) mass is 452 g/mol. The molecular formula is C25H28N2O4S. The van der Waals surface area contributed by atoms with Gasteiger partial charge in [0.25, 0.3) is 10.0 Å². The van der Waals surface area contributed by atoms with E-state index in [0.717, 1.165) is 21.0 Å². The number of nitrogens with zero attached hydrogens (tertiary/aromatic N) is 1. The molecule has 1 amide bonds. The molecule has 1 N–H and O–H groups in total. The van der Waals surface area contributed by atoms with Crippen LogP contribution in [0.15, 0.2) is 71.6 Å². The average Bonchev–Trinajstić information content (AvgIpc) is 2.76. The van der Waals surface area contributed by atoms with Crippen LogP contribution in [0.3, 0.4) is 0 Å². The van der Waals surface area contributed by atoms with E-state index in [4.69, 9.17) is 4.74 Å². The molecule has 3 aromatic rings. The van der Waals surface area contributed by atoms with Crippen LogP contribution in [-0.2, 0) is 14.8 Å². The molecule has 7 heteroatoms. The van der Waals surface area contributed by atoms with Crippen LogP contribution in [0.1, 0.15) is 23.6 Å². The Morgan fingerprint density at radius 2 is 1.59 bits per heavy atom. The summed E-state index contributed by atoms with van der Waals surface area (Å²) in [5.41, 5.74) is 3.97. The Labute approximate surface area is 189 Å². The second kappa shape index (κ2) is 9.87. The summed E-state index contributed by atoms with van der Waals surface area (Å²) in [6, 6.07) is 18.9. The molecule has 0 aromatic heterocycles. The Kier molecular flexibility index (Phi) is 7.20. The van der Waals surface area contributed by atoms with Crippen molar-refractivity contribution in [2.45, 2.75) is 32.6 Å². The zero-order valence-corrected chi connectivity index (χ0v) is 19.6. The van der Waals surface area contributed by atoms with Gasteiger partial charge in [-0.15, -0.1) is 0 Å². The first-order valence-corrected chi connectivity index (χ1v) is 11.8. The molecule has 0 aliphatic heterocycles. The molecule has 3 rings (SSSR count). The lowest BCUT2D eigenvalue weighted by Gasteiger charge is -2.24. The van der Waals surface area contributed by atoms with Gasteiger partial charge in [-0.25, -0.2) is 8.42 Å².